The topological polar surface area (TPSA) is 85.3 Å². The van der Waals surface area contributed by atoms with E-state index in [1.165, 1.54) is 4.90 Å². The molecule has 4 rings (SSSR count). The third-order valence-electron chi connectivity index (χ3n) is 6.76. The van der Waals surface area contributed by atoms with Gasteiger partial charge in [0.1, 0.15) is 23.0 Å². The predicted octanol–water partition coefficient (Wildman–Crippen LogP) is 6.24. The number of aliphatic hydroxyl groups is 1. The van der Waals surface area contributed by atoms with Crippen molar-refractivity contribution in [2.24, 2.45) is 0 Å². The van der Waals surface area contributed by atoms with Gasteiger partial charge in [0.25, 0.3) is 11.7 Å². The SMILES string of the molecule is CCOc1ccc(C2/C(=C(/O)c3ccc(OCC)c(C(C)C)c3)C(=O)C(=O)N2Cc2ccc(OC)cc2)cc1. The molecule has 0 spiro atoms. The number of Topliss-reactive ketones (excluding diaryl/α,β-unsaturated/α-hetero) is 1. The van der Waals surface area contributed by atoms with Crippen molar-refractivity contribution in [2.45, 2.75) is 46.2 Å². The molecule has 0 saturated carbocycles. The summed E-state index contributed by atoms with van der Waals surface area (Å²) >= 11 is 0. The van der Waals surface area contributed by atoms with Crippen LogP contribution < -0.4 is 14.2 Å². The quantitative estimate of drug-likeness (QED) is 0.190. The maximum absolute atomic E-state index is 13.5. The Balaban J connectivity index is 1.83. The molecule has 7 nitrogen and oxygen atoms in total. The fourth-order valence-corrected chi connectivity index (χ4v) is 4.82. The first-order chi connectivity index (χ1) is 18.8. The molecule has 1 aliphatic heterocycles. The van der Waals surface area contributed by atoms with Crippen LogP contribution in [0.5, 0.6) is 17.2 Å². The Kier molecular flexibility index (Phi) is 8.59. The van der Waals surface area contributed by atoms with E-state index < -0.39 is 17.7 Å². The minimum Gasteiger partial charge on any atom is -0.507 e. The van der Waals surface area contributed by atoms with E-state index in [0.29, 0.717) is 35.8 Å². The maximum atomic E-state index is 13.5. The molecule has 1 unspecified atom stereocenters. The summed E-state index contributed by atoms with van der Waals surface area (Å²) in [6, 6.07) is 19.2. The number of amides is 1. The van der Waals surface area contributed by atoms with Gasteiger partial charge >= 0.3 is 0 Å². The Morgan fingerprint density at radius 1 is 0.897 bits per heavy atom. The molecule has 1 aliphatic rings. The van der Waals surface area contributed by atoms with E-state index in [4.69, 9.17) is 14.2 Å². The lowest BCUT2D eigenvalue weighted by Crippen LogP contribution is -2.29. The van der Waals surface area contributed by atoms with Gasteiger partial charge in [0.05, 0.1) is 31.9 Å². The molecule has 1 fully saturated rings. The van der Waals surface area contributed by atoms with Crippen molar-refractivity contribution >= 4 is 17.4 Å². The second kappa shape index (κ2) is 12.1. The van der Waals surface area contributed by atoms with Gasteiger partial charge in [-0.3, -0.25) is 9.59 Å². The lowest BCUT2D eigenvalue weighted by Gasteiger charge is -2.26. The highest BCUT2D eigenvalue weighted by atomic mass is 16.5. The molecule has 0 aromatic heterocycles. The van der Waals surface area contributed by atoms with Crippen LogP contribution in [0.4, 0.5) is 0 Å². The van der Waals surface area contributed by atoms with E-state index in [1.54, 1.807) is 31.4 Å². The van der Waals surface area contributed by atoms with Crippen molar-refractivity contribution in [3.8, 4) is 17.2 Å². The molecule has 0 bridgehead atoms. The van der Waals surface area contributed by atoms with Crippen LogP contribution in [0.3, 0.4) is 0 Å². The first kappa shape index (κ1) is 27.8. The van der Waals surface area contributed by atoms with Gasteiger partial charge in [0.15, 0.2) is 0 Å². The van der Waals surface area contributed by atoms with Gasteiger partial charge in [-0.1, -0.05) is 38.1 Å². The molecule has 3 aromatic rings. The first-order valence-corrected chi connectivity index (χ1v) is 13.2. The first-order valence-electron chi connectivity index (χ1n) is 13.2. The number of hydrogen-bond donors (Lipinski definition) is 1. The smallest absolute Gasteiger partial charge is 0.295 e. The molecule has 0 radical (unpaired) electrons. The van der Waals surface area contributed by atoms with E-state index >= 15 is 0 Å². The summed E-state index contributed by atoms with van der Waals surface area (Å²) in [7, 11) is 1.59. The highest BCUT2D eigenvalue weighted by molar-refractivity contribution is 6.46. The number of likely N-dealkylation sites (tertiary alicyclic amines) is 1. The Morgan fingerprint density at radius 2 is 1.54 bits per heavy atom. The molecule has 1 saturated heterocycles. The highest BCUT2D eigenvalue weighted by Gasteiger charge is 2.46. The molecular formula is C32H35NO6. The van der Waals surface area contributed by atoms with Gasteiger partial charge < -0.3 is 24.2 Å². The van der Waals surface area contributed by atoms with E-state index in [0.717, 1.165) is 16.9 Å². The lowest BCUT2D eigenvalue weighted by atomic mass is 9.93. The molecule has 39 heavy (non-hydrogen) atoms. The zero-order valence-corrected chi connectivity index (χ0v) is 23.1. The minimum absolute atomic E-state index is 0.0523. The number of methoxy groups -OCH3 is 1. The average Bonchev–Trinajstić information content (AvgIpc) is 3.19. The Bertz CT molecular complexity index is 1360. The fraction of sp³-hybridized carbons (Fsp3) is 0.312. The number of ketones is 1. The number of benzene rings is 3. The minimum atomic E-state index is -0.781. The fourth-order valence-electron chi connectivity index (χ4n) is 4.82. The normalized spacial score (nSPS) is 16.6. The molecule has 1 heterocycles. The largest absolute Gasteiger partial charge is 0.507 e. The molecular weight excluding hydrogens is 494 g/mol. The number of rotatable bonds is 10. The maximum Gasteiger partial charge on any atom is 0.295 e. The van der Waals surface area contributed by atoms with Crippen LogP contribution in [0.2, 0.25) is 0 Å². The van der Waals surface area contributed by atoms with Gasteiger partial charge in [0, 0.05) is 12.1 Å². The van der Waals surface area contributed by atoms with Crippen LogP contribution in [0, 0.1) is 0 Å². The van der Waals surface area contributed by atoms with Crippen LogP contribution in [-0.2, 0) is 16.1 Å². The molecule has 1 N–H and O–H groups in total. The number of hydrogen-bond acceptors (Lipinski definition) is 6. The third-order valence-corrected chi connectivity index (χ3v) is 6.76. The van der Waals surface area contributed by atoms with Crippen molar-refractivity contribution in [1.29, 1.82) is 0 Å². The van der Waals surface area contributed by atoms with Crippen molar-refractivity contribution in [2.75, 3.05) is 20.3 Å². The molecule has 0 aliphatic carbocycles. The summed E-state index contributed by atoms with van der Waals surface area (Å²) in [5.74, 6) is 0.628. The van der Waals surface area contributed by atoms with Crippen molar-refractivity contribution in [3.63, 3.8) is 0 Å². The molecule has 1 amide bonds. The molecule has 3 aromatic carbocycles. The second-order valence-corrected chi connectivity index (χ2v) is 9.62. The molecule has 7 heteroatoms. The van der Waals surface area contributed by atoms with Gasteiger partial charge in [-0.2, -0.15) is 0 Å². The van der Waals surface area contributed by atoms with Gasteiger partial charge in [-0.15, -0.1) is 0 Å². The second-order valence-electron chi connectivity index (χ2n) is 9.62. The third kappa shape index (κ3) is 5.77. The summed E-state index contributed by atoms with van der Waals surface area (Å²) in [4.78, 5) is 28.4. The summed E-state index contributed by atoms with van der Waals surface area (Å²) in [6.45, 7) is 9.11. The monoisotopic (exact) mass is 529 g/mol. The van der Waals surface area contributed by atoms with Crippen LogP contribution in [0.15, 0.2) is 72.3 Å². The number of nitrogens with zero attached hydrogens (tertiary/aromatic N) is 1. The van der Waals surface area contributed by atoms with Crippen molar-refractivity contribution in [1.82, 2.24) is 4.90 Å². The Labute approximate surface area is 229 Å². The van der Waals surface area contributed by atoms with Gasteiger partial charge in [0.2, 0.25) is 0 Å². The number of ether oxygens (including phenoxy) is 3. The standard InChI is InChI=1S/C32H35NO6/c1-6-38-25-15-10-22(11-16-25)29-28(30(34)23-12-17-27(39-7-2)26(18-23)20(3)4)31(35)32(36)33(29)19-21-8-13-24(37-5)14-9-21/h8-18,20,29,34H,6-7,19H2,1-5H3/b30-28-. The summed E-state index contributed by atoms with van der Waals surface area (Å²) in [5, 5.41) is 11.6. The van der Waals surface area contributed by atoms with E-state index in [1.807, 2.05) is 70.2 Å². The van der Waals surface area contributed by atoms with E-state index in [2.05, 4.69) is 0 Å². The Morgan fingerprint density at radius 3 is 2.13 bits per heavy atom. The van der Waals surface area contributed by atoms with E-state index in [9.17, 15) is 14.7 Å². The number of aliphatic hydroxyl groups excluding tert-OH is 1. The summed E-state index contributed by atoms with van der Waals surface area (Å²) < 4.78 is 16.6. The van der Waals surface area contributed by atoms with Gasteiger partial charge in [-0.25, -0.2) is 0 Å². The van der Waals surface area contributed by atoms with Gasteiger partial charge in [-0.05, 0) is 78.9 Å². The molecule has 204 valence electrons. The Hall–Kier alpha value is -4.26. The van der Waals surface area contributed by atoms with Crippen LogP contribution in [0.1, 0.15) is 61.9 Å². The van der Waals surface area contributed by atoms with Crippen LogP contribution >= 0.6 is 0 Å². The highest BCUT2D eigenvalue weighted by Crippen LogP contribution is 2.41. The molecule has 1 atom stereocenters. The zero-order chi connectivity index (χ0) is 28.1. The summed E-state index contributed by atoms with van der Waals surface area (Å²) in [5.41, 5.74) is 2.95. The average molecular weight is 530 g/mol. The number of carbonyl (C=O) groups excluding carboxylic acids is 2. The van der Waals surface area contributed by atoms with Crippen molar-refractivity contribution < 1.29 is 28.9 Å². The predicted molar refractivity (Wildman–Crippen MR) is 150 cm³/mol. The van der Waals surface area contributed by atoms with Crippen molar-refractivity contribution in [3.05, 3.63) is 94.6 Å². The lowest BCUT2D eigenvalue weighted by molar-refractivity contribution is -0.140. The summed E-state index contributed by atoms with van der Waals surface area (Å²) in [6.07, 6.45) is 0. The zero-order valence-electron chi connectivity index (χ0n) is 23.1. The van der Waals surface area contributed by atoms with E-state index in [-0.39, 0.29) is 23.8 Å². The van der Waals surface area contributed by atoms with Crippen LogP contribution in [0.25, 0.3) is 5.76 Å². The number of carbonyl (C=O) groups is 2. The van der Waals surface area contributed by atoms with Crippen LogP contribution in [-0.4, -0.2) is 42.0 Å².